The third-order valence-corrected chi connectivity index (χ3v) is 1.89. The fraction of sp³-hybridized carbons (Fsp3) is 0.500. The van der Waals surface area contributed by atoms with Crippen molar-refractivity contribution in [2.45, 2.75) is 13.3 Å². The van der Waals surface area contributed by atoms with Crippen LogP contribution in [0, 0.1) is 0 Å². The highest BCUT2D eigenvalue weighted by molar-refractivity contribution is 5.88. The zero-order valence-corrected chi connectivity index (χ0v) is 9.28. The molecule has 0 fully saturated rings. The van der Waals surface area contributed by atoms with Gasteiger partial charge in [-0.3, -0.25) is 4.79 Å². The van der Waals surface area contributed by atoms with E-state index < -0.39 is 11.5 Å². The number of ether oxygens (including phenoxy) is 2. The van der Waals surface area contributed by atoms with E-state index in [-0.39, 0.29) is 12.2 Å². The van der Waals surface area contributed by atoms with Crippen LogP contribution in [0.4, 0.5) is 0 Å². The highest BCUT2D eigenvalue weighted by Crippen LogP contribution is 1.94. The molecule has 0 unspecified atom stereocenters. The minimum Gasteiger partial charge on any atom is -0.462 e. The highest BCUT2D eigenvalue weighted by Gasteiger charge is 2.12. The Balaban J connectivity index is 2.83. The Morgan fingerprint density at radius 3 is 2.88 bits per heavy atom. The van der Waals surface area contributed by atoms with E-state index in [1.54, 1.807) is 14.0 Å². The summed E-state index contributed by atoms with van der Waals surface area (Å²) in [7, 11) is 1.56. The second kappa shape index (κ2) is 6.02. The number of hydrogen-bond acceptors (Lipinski definition) is 5. The Bertz CT molecular complexity index is 414. The van der Waals surface area contributed by atoms with Gasteiger partial charge in [0.15, 0.2) is 0 Å². The van der Waals surface area contributed by atoms with Gasteiger partial charge < -0.3 is 14.5 Å². The van der Waals surface area contributed by atoms with Gasteiger partial charge in [-0.1, -0.05) is 0 Å². The molecule has 0 aliphatic carbocycles. The molecule has 6 nitrogen and oxygen atoms in total. The van der Waals surface area contributed by atoms with Crippen molar-refractivity contribution in [1.82, 2.24) is 9.97 Å². The maximum absolute atomic E-state index is 11.5. The molecule has 1 aromatic heterocycles. The van der Waals surface area contributed by atoms with Crippen LogP contribution in [0.2, 0.25) is 0 Å². The molecule has 88 valence electrons. The van der Waals surface area contributed by atoms with Gasteiger partial charge in [0.1, 0.15) is 11.4 Å². The van der Waals surface area contributed by atoms with Gasteiger partial charge in [0, 0.05) is 19.7 Å². The minimum atomic E-state index is -0.658. The van der Waals surface area contributed by atoms with E-state index in [0.29, 0.717) is 18.9 Å². The fourth-order valence-electron chi connectivity index (χ4n) is 1.11. The summed E-state index contributed by atoms with van der Waals surface area (Å²) >= 11 is 0. The van der Waals surface area contributed by atoms with E-state index in [1.807, 2.05) is 0 Å². The van der Waals surface area contributed by atoms with Crippen LogP contribution in [0.5, 0.6) is 0 Å². The number of H-pyrrole nitrogens is 1. The SMILES string of the molecule is CCOC(=O)c1cnc(CCOC)[nH]c1=O. The Morgan fingerprint density at radius 1 is 1.56 bits per heavy atom. The molecule has 0 amide bonds. The smallest absolute Gasteiger partial charge is 0.345 e. The first-order valence-electron chi connectivity index (χ1n) is 4.93. The average Bonchev–Trinajstić information content (AvgIpc) is 2.26. The number of carbonyl (C=O) groups excluding carboxylic acids is 1. The van der Waals surface area contributed by atoms with E-state index in [0.717, 1.165) is 0 Å². The van der Waals surface area contributed by atoms with Crippen LogP contribution in [-0.4, -0.2) is 36.3 Å². The molecule has 1 aromatic rings. The lowest BCUT2D eigenvalue weighted by Gasteiger charge is -2.02. The first-order chi connectivity index (χ1) is 7.69. The van der Waals surface area contributed by atoms with Gasteiger partial charge in [-0.05, 0) is 6.92 Å². The Labute approximate surface area is 92.6 Å². The number of aromatic nitrogens is 2. The summed E-state index contributed by atoms with van der Waals surface area (Å²) in [6, 6.07) is 0. The van der Waals surface area contributed by atoms with Gasteiger partial charge >= 0.3 is 5.97 Å². The number of aromatic amines is 1. The van der Waals surface area contributed by atoms with Crippen molar-refractivity contribution in [3.63, 3.8) is 0 Å². The largest absolute Gasteiger partial charge is 0.462 e. The van der Waals surface area contributed by atoms with Crippen LogP contribution in [0.3, 0.4) is 0 Å². The van der Waals surface area contributed by atoms with Crippen LogP contribution in [0.15, 0.2) is 11.0 Å². The van der Waals surface area contributed by atoms with Crippen LogP contribution in [0.25, 0.3) is 0 Å². The number of nitrogens with zero attached hydrogens (tertiary/aromatic N) is 1. The minimum absolute atomic E-state index is 0.0805. The molecule has 16 heavy (non-hydrogen) atoms. The average molecular weight is 226 g/mol. The summed E-state index contributed by atoms with van der Waals surface area (Å²) in [6.45, 7) is 2.36. The summed E-state index contributed by atoms with van der Waals surface area (Å²) in [4.78, 5) is 29.2. The molecule has 1 heterocycles. The Hall–Kier alpha value is -1.69. The zero-order chi connectivity index (χ0) is 12.0. The number of carbonyl (C=O) groups is 1. The van der Waals surface area contributed by atoms with E-state index in [1.165, 1.54) is 6.20 Å². The first-order valence-corrected chi connectivity index (χ1v) is 4.93. The first kappa shape index (κ1) is 12.4. The monoisotopic (exact) mass is 226 g/mol. The molecule has 1 N–H and O–H groups in total. The van der Waals surface area contributed by atoms with Gasteiger partial charge in [-0.2, -0.15) is 0 Å². The van der Waals surface area contributed by atoms with E-state index in [4.69, 9.17) is 9.47 Å². The fourth-order valence-corrected chi connectivity index (χ4v) is 1.11. The Kier molecular flexibility index (Phi) is 4.65. The number of hydrogen-bond donors (Lipinski definition) is 1. The predicted octanol–water partition coefficient (Wildman–Crippen LogP) is 0.136. The molecule has 0 aromatic carbocycles. The lowest BCUT2D eigenvalue weighted by atomic mass is 10.3. The van der Waals surface area contributed by atoms with Gasteiger partial charge in [-0.25, -0.2) is 9.78 Å². The lowest BCUT2D eigenvalue weighted by Crippen LogP contribution is -2.22. The van der Waals surface area contributed by atoms with Crippen molar-refractivity contribution in [2.75, 3.05) is 20.3 Å². The second-order valence-corrected chi connectivity index (χ2v) is 3.04. The van der Waals surface area contributed by atoms with Crippen LogP contribution >= 0.6 is 0 Å². The topological polar surface area (TPSA) is 81.3 Å². The van der Waals surface area contributed by atoms with Gasteiger partial charge in [0.2, 0.25) is 0 Å². The summed E-state index contributed by atoms with van der Waals surface area (Å²) in [5, 5.41) is 0. The zero-order valence-electron chi connectivity index (χ0n) is 9.28. The molecule has 1 rings (SSSR count). The normalized spacial score (nSPS) is 10.1. The molecule has 0 saturated carbocycles. The Morgan fingerprint density at radius 2 is 2.31 bits per heavy atom. The molecule has 6 heteroatoms. The maximum atomic E-state index is 11.5. The third-order valence-electron chi connectivity index (χ3n) is 1.89. The van der Waals surface area contributed by atoms with Crippen molar-refractivity contribution in [1.29, 1.82) is 0 Å². The molecular weight excluding hydrogens is 212 g/mol. The van der Waals surface area contributed by atoms with Gasteiger partial charge in [0.05, 0.1) is 13.2 Å². The molecule has 0 spiro atoms. The number of methoxy groups -OCH3 is 1. The summed E-state index contributed by atoms with van der Waals surface area (Å²) in [5.41, 5.74) is -0.567. The summed E-state index contributed by atoms with van der Waals surface area (Å²) < 4.78 is 9.55. The van der Waals surface area contributed by atoms with Crippen LogP contribution in [-0.2, 0) is 15.9 Å². The van der Waals surface area contributed by atoms with E-state index in [9.17, 15) is 9.59 Å². The van der Waals surface area contributed by atoms with Crippen molar-refractivity contribution >= 4 is 5.97 Å². The molecule has 0 aliphatic heterocycles. The maximum Gasteiger partial charge on any atom is 0.345 e. The molecular formula is C10H14N2O4. The molecule has 0 bridgehead atoms. The number of nitrogens with one attached hydrogen (secondary N) is 1. The highest BCUT2D eigenvalue weighted by atomic mass is 16.5. The summed E-state index contributed by atoms with van der Waals surface area (Å²) in [5.74, 6) is -0.172. The second-order valence-electron chi connectivity index (χ2n) is 3.04. The standard InChI is InChI=1S/C10H14N2O4/c1-3-16-10(14)7-6-11-8(4-5-15-2)12-9(7)13/h6H,3-5H2,1-2H3,(H,11,12,13). The van der Waals surface area contributed by atoms with Gasteiger partial charge in [-0.15, -0.1) is 0 Å². The number of esters is 1. The van der Waals surface area contributed by atoms with Crippen molar-refractivity contribution < 1.29 is 14.3 Å². The summed E-state index contributed by atoms with van der Waals surface area (Å²) in [6.07, 6.45) is 1.72. The quantitative estimate of drug-likeness (QED) is 0.722. The van der Waals surface area contributed by atoms with Crippen LogP contribution < -0.4 is 5.56 Å². The molecule has 0 aliphatic rings. The number of rotatable bonds is 5. The van der Waals surface area contributed by atoms with Gasteiger partial charge in [0.25, 0.3) is 5.56 Å². The van der Waals surface area contributed by atoms with E-state index >= 15 is 0 Å². The van der Waals surface area contributed by atoms with Crippen molar-refractivity contribution in [3.05, 3.63) is 27.9 Å². The third kappa shape index (κ3) is 3.16. The van der Waals surface area contributed by atoms with Crippen LogP contribution in [0.1, 0.15) is 23.1 Å². The molecule has 0 atom stereocenters. The molecule has 0 saturated heterocycles. The molecule has 0 radical (unpaired) electrons. The predicted molar refractivity (Wildman–Crippen MR) is 56.4 cm³/mol. The van der Waals surface area contributed by atoms with E-state index in [2.05, 4.69) is 9.97 Å². The lowest BCUT2D eigenvalue weighted by molar-refractivity contribution is 0.0523. The van der Waals surface area contributed by atoms with Crippen molar-refractivity contribution in [3.8, 4) is 0 Å². The van der Waals surface area contributed by atoms with Crippen molar-refractivity contribution in [2.24, 2.45) is 0 Å².